The predicted molar refractivity (Wildman–Crippen MR) is 115 cm³/mol. The van der Waals surface area contributed by atoms with E-state index in [1.165, 1.54) is 17.1 Å². The van der Waals surface area contributed by atoms with Crippen LogP contribution < -0.4 is 14.4 Å². The molecule has 1 saturated heterocycles. The molecular weight excluding hydrogens is 402 g/mol. The third-order valence-electron chi connectivity index (χ3n) is 5.51. The van der Waals surface area contributed by atoms with Gasteiger partial charge in [-0.2, -0.15) is 0 Å². The molecule has 2 aromatic carbocycles. The zero-order valence-electron chi connectivity index (χ0n) is 16.9. The van der Waals surface area contributed by atoms with Gasteiger partial charge in [0.25, 0.3) is 15.9 Å². The van der Waals surface area contributed by atoms with E-state index in [0.29, 0.717) is 18.0 Å². The number of para-hydroxylation sites is 2. The normalized spacial score (nSPS) is 19.2. The average Bonchev–Trinajstić information content (AvgIpc) is 3.30. The van der Waals surface area contributed by atoms with E-state index in [9.17, 15) is 13.2 Å². The van der Waals surface area contributed by atoms with Gasteiger partial charge < -0.3 is 15.0 Å². The van der Waals surface area contributed by atoms with Crippen molar-refractivity contribution in [3.05, 3.63) is 54.6 Å². The van der Waals surface area contributed by atoms with Crippen LogP contribution in [0.5, 0.6) is 5.75 Å². The van der Waals surface area contributed by atoms with Crippen LogP contribution in [0, 0.1) is 0 Å². The third kappa shape index (κ3) is 4.44. The van der Waals surface area contributed by atoms with Crippen LogP contribution in [0.3, 0.4) is 0 Å². The van der Waals surface area contributed by atoms with Crippen LogP contribution in [0.25, 0.3) is 0 Å². The van der Waals surface area contributed by atoms with E-state index in [1.807, 2.05) is 0 Å². The minimum absolute atomic E-state index is 0.0633. The predicted octanol–water partition coefficient (Wildman–Crippen LogP) is 2.25. The second kappa shape index (κ2) is 9.06. The number of ether oxygens (including phenoxy) is 1. The lowest BCUT2D eigenvalue weighted by Gasteiger charge is -2.34. The first-order valence-corrected chi connectivity index (χ1v) is 11.8. The lowest BCUT2D eigenvalue weighted by molar-refractivity contribution is -0.127. The largest absolute Gasteiger partial charge is 0.476 e. The maximum Gasteiger partial charge on any atom is 0.264 e. The number of anilines is 1. The highest BCUT2D eigenvalue weighted by atomic mass is 32.2. The summed E-state index contributed by atoms with van der Waals surface area (Å²) in [5.74, 6) is 0.0969. The van der Waals surface area contributed by atoms with Gasteiger partial charge in [0.1, 0.15) is 5.75 Å². The first-order valence-electron chi connectivity index (χ1n) is 10.4. The summed E-state index contributed by atoms with van der Waals surface area (Å²) in [4.78, 5) is 15.3. The molecule has 1 N–H and O–H groups in total. The first kappa shape index (κ1) is 20.7. The smallest absolute Gasteiger partial charge is 0.264 e. The number of hydrogen-bond donors (Lipinski definition) is 1. The van der Waals surface area contributed by atoms with Crippen molar-refractivity contribution >= 4 is 21.6 Å². The number of nitrogens with one attached hydrogen (secondary N) is 1. The minimum atomic E-state index is -3.81. The molecule has 2 aromatic rings. The maximum absolute atomic E-state index is 13.3. The maximum atomic E-state index is 13.3. The SMILES string of the molecule is O=C(NCCCN1CCCC1)[C@@H]1CN(S(=O)(=O)c2ccccc2)c2ccccc2O1. The van der Waals surface area contributed by atoms with Crippen LogP contribution in [-0.2, 0) is 14.8 Å². The number of fused-ring (bicyclic) bond motifs is 1. The van der Waals surface area contributed by atoms with E-state index in [1.54, 1.807) is 54.6 Å². The zero-order valence-corrected chi connectivity index (χ0v) is 17.7. The summed E-state index contributed by atoms with van der Waals surface area (Å²) >= 11 is 0. The average molecular weight is 430 g/mol. The molecule has 8 heteroatoms. The van der Waals surface area contributed by atoms with E-state index < -0.39 is 16.1 Å². The van der Waals surface area contributed by atoms with Crippen LogP contribution in [0.2, 0.25) is 0 Å². The molecule has 0 bridgehead atoms. The summed E-state index contributed by atoms with van der Waals surface area (Å²) in [5, 5.41) is 2.91. The Hall–Kier alpha value is -2.58. The van der Waals surface area contributed by atoms with Crippen molar-refractivity contribution in [2.45, 2.75) is 30.3 Å². The minimum Gasteiger partial charge on any atom is -0.476 e. The molecule has 0 aliphatic carbocycles. The van der Waals surface area contributed by atoms with Crippen LogP contribution in [0.1, 0.15) is 19.3 Å². The number of nitrogens with zero attached hydrogens (tertiary/aromatic N) is 2. The fourth-order valence-corrected chi connectivity index (χ4v) is 5.42. The molecule has 7 nitrogen and oxygen atoms in total. The molecule has 4 rings (SSSR count). The third-order valence-corrected chi connectivity index (χ3v) is 7.30. The Balaban J connectivity index is 1.46. The Morgan fingerprint density at radius 3 is 2.50 bits per heavy atom. The number of rotatable bonds is 7. The molecule has 1 atom stereocenters. The highest BCUT2D eigenvalue weighted by Crippen LogP contribution is 2.36. The van der Waals surface area contributed by atoms with Crippen molar-refractivity contribution in [3.8, 4) is 5.75 Å². The van der Waals surface area contributed by atoms with Gasteiger partial charge in [-0.1, -0.05) is 30.3 Å². The summed E-state index contributed by atoms with van der Waals surface area (Å²) in [6.45, 7) is 3.70. The van der Waals surface area contributed by atoms with Crippen LogP contribution in [0.4, 0.5) is 5.69 Å². The lowest BCUT2D eigenvalue weighted by atomic mass is 10.2. The van der Waals surface area contributed by atoms with Crippen molar-refractivity contribution in [3.63, 3.8) is 0 Å². The van der Waals surface area contributed by atoms with Gasteiger partial charge in [-0.25, -0.2) is 8.42 Å². The highest BCUT2D eigenvalue weighted by molar-refractivity contribution is 7.92. The molecule has 0 aromatic heterocycles. The molecule has 0 saturated carbocycles. The van der Waals surface area contributed by atoms with Gasteiger partial charge in [-0.05, 0) is 63.2 Å². The van der Waals surface area contributed by atoms with Crippen molar-refractivity contribution in [1.82, 2.24) is 10.2 Å². The fourth-order valence-electron chi connectivity index (χ4n) is 3.92. The number of sulfonamides is 1. The number of carbonyl (C=O) groups excluding carboxylic acids is 1. The van der Waals surface area contributed by atoms with Crippen LogP contribution >= 0.6 is 0 Å². The highest BCUT2D eigenvalue weighted by Gasteiger charge is 2.37. The van der Waals surface area contributed by atoms with E-state index in [2.05, 4.69) is 10.2 Å². The first-order chi connectivity index (χ1) is 14.6. The van der Waals surface area contributed by atoms with Gasteiger partial charge in [-0.15, -0.1) is 0 Å². The van der Waals surface area contributed by atoms with Crippen molar-refractivity contribution in [1.29, 1.82) is 0 Å². The van der Waals surface area contributed by atoms with E-state index in [4.69, 9.17) is 4.74 Å². The second-order valence-corrected chi connectivity index (χ2v) is 9.48. The number of hydrogen-bond acceptors (Lipinski definition) is 5. The van der Waals surface area contributed by atoms with Gasteiger partial charge >= 0.3 is 0 Å². The Labute approximate surface area is 177 Å². The summed E-state index contributed by atoms with van der Waals surface area (Å²) in [7, 11) is -3.81. The number of benzene rings is 2. The lowest BCUT2D eigenvalue weighted by Crippen LogP contribution is -2.51. The molecule has 2 heterocycles. The molecule has 2 aliphatic rings. The Bertz CT molecular complexity index is 975. The molecule has 1 fully saturated rings. The van der Waals surface area contributed by atoms with E-state index in [-0.39, 0.29) is 17.3 Å². The molecular formula is C22H27N3O4S. The summed E-state index contributed by atoms with van der Waals surface area (Å²) < 4.78 is 33.6. The van der Waals surface area contributed by atoms with Gasteiger partial charge in [0, 0.05) is 6.54 Å². The van der Waals surface area contributed by atoms with Crippen molar-refractivity contribution in [2.75, 3.05) is 37.0 Å². The topological polar surface area (TPSA) is 79.0 Å². The van der Waals surface area contributed by atoms with Gasteiger partial charge in [0.2, 0.25) is 0 Å². The standard InChI is InChI=1S/C22H27N3O4S/c26-22(23-13-8-16-24-14-6-7-15-24)21-17-25(19-11-4-5-12-20(19)29-21)30(27,28)18-9-2-1-3-10-18/h1-5,9-12,21H,6-8,13-17H2,(H,23,26)/t21-/m0/s1. The molecule has 30 heavy (non-hydrogen) atoms. The summed E-state index contributed by atoms with van der Waals surface area (Å²) in [6.07, 6.45) is 2.45. The summed E-state index contributed by atoms with van der Waals surface area (Å²) in [6, 6.07) is 15.2. The molecule has 0 radical (unpaired) electrons. The Kier molecular flexibility index (Phi) is 6.24. The van der Waals surface area contributed by atoms with Crippen molar-refractivity contribution in [2.24, 2.45) is 0 Å². The molecule has 0 spiro atoms. The number of likely N-dealkylation sites (tertiary alicyclic amines) is 1. The number of amides is 1. The monoisotopic (exact) mass is 429 g/mol. The molecule has 160 valence electrons. The Morgan fingerprint density at radius 2 is 1.73 bits per heavy atom. The fraction of sp³-hybridized carbons (Fsp3) is 0.409. The Morgan fingerprint density at radius 1 is 1.03 bits per heavy atom. The van der Waals surface area contributed by atoms with Gasteiger partial charge in [-0.3, -0.25) is 9.10 Å². The van der Waals surface area contributed by atoms with E-state index in [0.717, 1.165) is 26.1 Å². The van der Waals surface area contributed by atoms with Gasteiger partial charge in [0.05, 0.1) is 17.1 Å². The van der Waals surface area contributed by atoms with E-state index >= 15 is 0 Å². The molecule has 0 unspecified atom stereocenters. The van der Waals surface area contributed by atoms with Crippen molar-refractivity contribution < 1.29 is 17.9 Å². The summed E-state index contributed by atoms with van der Waals surface area (Å²) in [5.41, 5.74) is 0.444. The zero-order chi connectivity index (χ0) is 21.0. The molecule has 2 aliphatic heterocycles. The van der Waals surface area contributed by atoms with Crippen LogP contribution in [0.15, 0.2) is 59.5 Å². The van der Waals surface area contributed by atoms with Crippen LogP contribution in [-0.4, -0.2) is 58.1 Å². The second-order valence-electron chi connectivity index (χ2n) is 7.62. The quantitative estimate of drug-likeness (QED) is 0.683. The molecule has 1 amide bonds. The van der Waals surface area contributed by atoms with Gasteiger partial charge in [0.15, 0.2) is 6.10 Å². The number of carbonyl (C=O) groups is 1.